The minimum atomic E-state index is 0.166. The Balaban J connectivity index is 2.08. The van der Waals surface area contributed by atoms with Gasteiger partial charge in [-0.25, -0.2) is 4.98 Å². The summed E-state index contributed by atoms with van der Waals surface area (Å²) in [5, 5.41) is 9.93. The number of methoxy groups -OCH3 is 1. The number of nitrogens with zero attached hydrogens (tertiary/aromatic N) is 1. The molecule has 0 unspecified atom stereocenters. The zero-order chi connectivity index (χ0) is 13.9. The summed E-state index contributed by atoms with van der Waals surface area (Å²) >= 11 is 0. The van der Waals surface area contributed by atoms with Crippen molar-refractivity contribution in [1.82, 2.24) is 4.98 Å². The van der Waals surface area contributed by atoms with E-state index in [-0.39, 0.29) is 5.75 Å². The fraction of sp³-hybridized carbons (Fsp3) is 0.0625. The monoisotopic (exact) mass is 267 g/mol. The largest absolute Gasteiger partial charge is 0.507 e. The number of hydrogen-bond acceptors (Lipinski definition) is 4. The predicted octanol–water partition coefficient (Wildman–Crippen LogP) is 3.72. The minimum absolute atomic E-state index is 0.166. The van der Waals surface area contributed by atoms with Gasteiger partial charge in [0.2, 0.25) is 0 Å². The Bertz CT molecular complexity index is 717. The summed E-state index contributed by atoms with van der Waals surface area (Å²) in [5.41, 5.74) is 2.21. The van der Waals surface area contributed by atoms with Crippen LogP contribution in [0.25, 0.3) is 22.6 Å². The summed E-state index contributed by atoms with van der Waals surface area (Å²) in [6.45, 7) is 0. The highest BCUT2D eigenvalue weighted by Gasteiger charge is 2.15. The Morgan fingerprint density at radius 1 is 1.05 bits per heavy atom. The van der Waals surface area contributed by atoms with E-state index in [0.717, 1.165) is 11.3 Å². The minimum Gasteiger partial charge on any atom is -0.507 e. The molecule has 0 aliphatic carbocycles. The van der Waals surface area contributed by atoms with Gasteiger partial charge in [-0.05, 0) is 36.4 Å². The van der Waals surface area contributed by atoms with Crippen LogP contribution in [0.2, 0.25) is 0 Å². The number of para-hydroxylation sites is 1. The molecule has 0 amide bonds. The highest BCUT2D eigenvalue weighted by molar-refractivity contribution is 5.79. The average molecular weight is 267 g/mol. The number of benzene rings is 2. The standard InChI is InChI=1S/C16H13NO3/c1-19-12-8-6-11(7-9-12)15-16(20-10-17-15)13-4-2-3-5-14(13)18/h2-10,18H,1H3. The van der Waals surface area contributed by atoms with Gasteiger partial charge in [0, 0.05) is 5.56 Å². The summed E-state index contributed by atoms with van der Waals surface area (Å²) in [6.07, 6.45) is 1.38. The maximum Gasteiger partial charge on any atom is 0.182 e. The van der Waals surface area contributed by atoms with Gasteiger partial charge < -0.3 is 14.3 Å². The molecule has 0 aliphatic heterocycles. The van der Waals surface area contributed by atoms with E-state index in [9.17, 15) is 5.11 Å². The van der Waals surface area contributed by atoms with Crippen LogP contribution in [0.5, 0.6) is 11.5 Å². The van der Waals surface area contributed by atoms with Crippen molar-refractivity contribution in [1.29, 1.82) is 0 Å². The van der Waals surface area contributed by atoms with E-state index in [4.69, 9.17) is 9.15 Å². The van der Waals surface area contributed by atoms with Crippen LogP contribution in [-0.2, 0) is 0 Å². The van der Waals surface area contributed by atoms with Gasteiger partial charge in [0.25, 0.3) is 0 Å². The fourth-order valence-electron chi connectivity index (χ4n) is 2.06. The zero-order valence-corrected chi connectivity index (χ0v) is 10.9. The molecule has 0 aliphatic rings. The van der Waals surface area contributed by atoms with Crippen molar-refractivity contribution in [3.05, 3.63) is 54.9 Å². The van der Waals surface area contributed by atoms with Crippen LogP contribution in [-0.4, -0.2) is 17.2 Å². The highest BCUT2D eigenvalue weighted by atomic mass is 16.5. The lowest BCUT2D eigenvalue weighted by Crippen LogP contribution is -1.85. The molecule has 0 bridgehead atoms. The second kappa shape index (κ2) is 5.09. The first-order valence-corrected chi connectivity index (χ1v) is 6.16. The second-order valence-electron chi connectivity index (χ2n) is 4.28. The van der Waals surface area contributed by atoms with Gasteiger partial charge in [-0.3, -0.25) is 0 Å². The molecule has 0 radical (unpaired) electrons. The van der Waals surface area contributed by atoms with Gasteiger partial charge in [-0.1, -0.05) is 12.1 Å². The highest BCUT2D eigenvalue weighted by Crippen LogP contribution is 2.36. The normalized spacial score (nSPS) is 10.4. The van der Waals surface area contributed by atoms with Crippen molar-refractivity contribution in [3.63, 3.8) is 0 Å². The summed E-state index contributed by atoms with van der Waals surface area (Å²) in [6, 6.07) is 14.5. The van der Waals surface area contributed by atoms with Crippen molar-refractivity contribution in [2.45, 2.75) is 0 Å². The van der Waals surface area contributed by atoms with E-state index < -0.39 is 0 Å². The van der Waals surface area contributed by atoms with Gasteiger partial charge in [-0.2, -0.15) is 0 Å². The molecule has 0 fully saturated rings. The summed E-state index contributed by atoms with van der Waals surface area (Å²) in [7, 11) is 1.62. The lowest BCUT2D eigenvalue weighted by atomic mass is 10.1. The molecule has 2 aromatic carbocycles. The van der Waals surface area contributed by atoms with E-state index in [1.165, 1.54) is 6.39 Å². The molecule has 1 aromatic heterocycles. The maximum atomic E-state index is 9.93. The van der Waals surface area contributed by atoms with Crippen LogP contribution < -0.4 is 4.74 Å². The molecule has 1 heterocycles. The third-order valence-corrected chi connectivity index (χ3v) is 3.08. The molecule has 1 N–H and O–H groups in total. The van der Waals surface area contributed by atoms with Gasteiger partial charge >= 0.3 is 0 Å². The number of phenols is 1. The Kier molecular flexibility index (Phi) is 3.13. The third kappa shape index (κ3) is 2.12. The van der Waals surface area contributed by atoms with Gasteiger partial charge in [0.15, 0.2) is 12.2 Å². The van der Waals surface area contributed by atoms with E-state index in [2.05, 4.69) is 4.98 Å². The lowest BCUT2D eigenvalue weighted by molar-refractivity contribution is 0.415. The van der Waals surface area contributed by atoms with Gasteiger partial charge in [0.1, 0.15) is 17.2 Å². The number of rotatable bonds is 3. The van der Waals surface area contributed by atoms with Crippen LogP contribution in [0.15, 0.2) is 59.3 Å². The number of phenolic OH excluding ortho intramolecular Hbond substituents is 1. The predicted molar refractivity (Wildman–Crippen MR) is 75.6 cm³/mol. The number of ether oxygens (including phenoxy) is 1. The van der Waals surface area contributed by atoms with E-state index in [1.54, 1.807) is 25.3 Å². The topological polar surface area (TPSA) is 55.5 Å². The smallest absolute Gasteiger partial charge is 0.182 e. The molecule has 3 rings (SSSR count). The van der Waals surface area contributed by atoms with Crippen molar-refractivity contribution < 1.29 is 14.3 Å². The van der Waals surface area contributed by atoms with Crippen LogP contribution in [0.3, 0.4) is 0 Å². The molecule has 100 valence electrons. The number of aromatic hydroxyl groups is 1. The van der Waals surface area contributed by atoms with E-state index >= 15 is 0 Å². The molecule has 0 saturated carbocycles. The third-order valence-electron chi connectivity index (χ3n) is 3.08. The molecule has 3 aromatic rings. The number of oxazole rings is 1. The van der Waals surface area contributed by atoms with Crippen LogP contribution in [0.4, 0.5) is 0 Å². The van der Waals surface area contributed by atoms with E-state index in [1.807, 2.05) is 30.3 Å². The number of hydrogen-bond donors (Lipinski definition) is 1. The Hall–Kier alpha value is -2.75. The zero-order valence-electron chi connectivity index (χ0n) is 10.9. The van der Waals surface area contributed by atoms with Crippen molar-refractivity contribution in [2.24, 2.45) is 0 Å². The van der Waals surface area contributed by atoms with Crippen molar-refractivity contribution in [2.75, 3.05) is 7.11 Å². The summed E-state index contributed by atoms with van der Waals surface area (Å²) < 4.78 is 10.6. The van der Waals surface area contributed by atoms with Gasteiger partial charge in [-0.15, -0.1) is 0 Å². The molecule has 4 nitrogen and oxygen atoms in total. The maximum absolute atomic E-state index is 9.93. The lowest BCUT2D eigenvalue weighted by Gasteiger charge is -2.05. The second-order valence-corrected chi connectivity index (χ2v) is 4.28. The van der Waals surface area contributed by atoms with Crippen molar-refractivity contribution >= 4 is 0 Å². The van der Waals surface area contributed by atoms with Gasteiger partial charge in [0.05, 0.1) is 12.7 Å². The SMILES string of the molecule is COc1ccc(-c2ncoc2-c2ccccc2O)cc1. The Labute approximate surface area is 116 Å². The fourth-order valence-corrected chi connectivity index (χ4v) is 2.06. The average Bonchev–Trinajstić information content (AvgIpc) is 2.97. The quantitative estimate of drug-likeness (QED) is 0.785. The molecule has 0 spiro atoms. The summed E-state index contributed by atoms with van der Waals surface area (Å²) in [4.78, 5) is 4.24. The Morgan fingerprint density at radius 3 is 2.50 bits per heavy atom. The first-order valence-electron chi connectivity index (χ1n) is 6.16. The van der Waals surface area contributed by atoms with Crippen LogP contribution in [0.1, 0.15) is 0 Å². The Morgan fingerprint density at radius 2 is 1.80 bits per heavy atom. The van der Waals surface area contributed by atoms with E-state index in [0.29, 0.717) is 17.0 Å². The first-order chi connectivity index (χ1) is 9.79. The summed E-state index contributed by atoms with van der Waals surface area (Å²) in [5.74, 6) is 1.49. The number of aromatic nitrogens is 1. The molecular formula is C16H13NO3. The molecule has 0 atom stereocenters. The van der Waals surface area contributed by atoms with Crippen molar-refractivity contribution in [3.8, 4) is 34.1 Å². The molecule has 4 heteroatoms. The molecular weight excluding hydrogens is 254 g/mol. The van der Waals surface area contributed by atoms with Crippen LogP contribution >= 0.6 is 0 Å². The molecule has 0 saturated heterocycles. The van der Waals surface area contributed by atoms with Crippen LogP contribution in [0, 0.1) is 0 Å². The first kappa shape index (κ1) is 12.3. The molecule has 20 heavy (non-hydrogen) atoms.